The number of carbonyl (C=O) groups is 3. The predicted octanol–water partition coefficient (Wildman–Crippen LogP) is 3.42. The molecular weight excluding hydrogens is 454 g/mol. The third-order valence-electron chi connectivity index (χ3n) is 4.72. The van der Waals surface area contributed by atoms with Gasteiger partial charge in [0, 0.05) is 30.4 Å². The number of rotatable bonds is 6. The number of ether oxygens (including phenoxy) is 2. The number of carbonyl (C=O) groups excluding carboxylic acids is 3. The van der Waals surface area contributed by atoms with Crippen LogP contribution < -0.4 is 25.0 Å². The molecule has 1 saturated heterocycles. The molecule has 158 valence electrons. The summed E-state index contributed by atoms with van der Waals surface area (Å²) in [6.45, 7) is 1.61. The van der Waals surface area contributed by atoms with Crippen molar-refractivity contribution in [2.75, 3.05) is 36.3 Å². The molecule has 9 heteroatoms. The van der Waals surface area contributed by atoms with Gasteiger partial charge in [-0.25, -0.2) is 0 Å². The minimum Gasteiger partial charge on any atom is -0.497 e. The van der Waals surface area contributed by atoms with Crippen LogP contribution in [0.1, 0.15) is 13.3 Å². The van der Waals surface area contributed by atoms with E-state index in [9.17, 15) is 14.4 Å². The van der Waals surface area contributed by atoms with E-state index in [0.717, 1.165) is 4.47 Å². The molecule has 2 N–H and O–H groups in total. The Labute approximate surface area is 182 Å². The van der Waals surface area contributed by atoms with Crippen LogP contribution in [0, 0.1) is 5.92 Å². The number of nitrogens with zero attached hydrogens (tertiary/aromatic N) is 1. The Hall–Kier alpha value is -3.07. The Bertz CT molecular complexity index is 995. The van der Waals surface area contributed by atoms with E-state index in [0.29, 0.717) is 28.6 Å². The molecule has 0 aliphatic carbocycles. The van der Waals surface area contributed by atoms with E-state index >= 15 is 0 Å². The molecule has 1 aliphatic rings. The van der Waals surface area contributed by atoms with Crippen LogP contribution in [-0.4, -0.2) is 38.5 Å². The van der Waals surface area contributed by atoms with Crippen molar-refractivity contribution in [2.24, 2.45) is 5.92 Å². The predicted molar refractivity (Wildman–Crippen MR) is 117 cm³/mol. The van der Waals surface area contributed by atoms with Crippen molar-refractivity contribution in [3.05, 3.63) is 40.9 Å². The molecule has 2 aromatic carbocycles. The van der Waals surface area contributed by atoms with Crippen molar-refractivity contribution in [3.63, 3.8) is 0 Å². The first-order valence-corrected chi connectivity index (χ1v) is 10.0. The minimum atomic E-state index is -0.548. The maximum absolute atomic E-state index is 12.9. The molecule has 0 saturated carbocycles. The molecule has 1 heterocycles. The van der Waals surface area contributed by atoms with Crippen LogP contribution in [0.15, 0.2) is 40.9 Å². The van der Waals surface area contributed by atoms with Crippen molar-refractivity contribution >= 4 is 50.7 Å². The molecule has 1 fully saturated rings. The maximum atomic E-state index is 12.9. The van der Waals surface area contributed by atoms with Crippen molar-refractivity contribution < 1.29 is 23.9 Å². The van der Waals surface area contributed by atoms with Gasteiger partial charge in [0.15, 0.2) is 0 Å². The maximum Gasteiger partial charge on any atom is 0.229 e. The SMILES string of the molecule is COc1ccc(N2CC(C(=O)Nc3cc(Br)ccc3NC(C)=O)CC2=O)c(OC)c1. The number of benzene rings is 2. The Balaban J connectivity index is 1.78. The summed E-state index contributed by atoms with van der Waals surface area (Å²) in [5.41, 5.74) is 1.52. The van der Waals surface area contributed by atoms with E-state index in [-0.39, 0.29) is 30.7 Å². The summed E-state index contributed by atoms with van der Waals surface area (Å²) in [6.07, 6.45) is 0.0739. The Kier molecular flexibility index (Phi) is 6.61. The van der Waals surface area contributed by atoms with Gasteiger partial charge in [0.1, 0.15) is 11.5 Å². The first kappa shape index (κ1) is 21.6. The largest absolute Gasteiger partial charge is 0.497 e. The Morgan fingerprint density at radius 1 is 1.07 bits per heavy atom. The van der Waals surface area contributed by atoms with Crippen molar-refractivity contribution in [2.45, 2.75) is 13.3 Å². The smallest absolute Gasteiger partial charge is 0.229 e. The van der Waals surface area contributed by atoms with Gasteiger partial charge >= 0.3 is 0 Å². The van der Waals surface area contributed by atoms with Gasteiger partial charge in [0.2, 0.25) is 17.7 Å². The normalized spacial score (nSPS) is 15.7. The molecule has 0 bridgehead atoms. The zero-order valence-electron chi connectivity index (χ0n) is 16.8. The molecule has 0 spiro atoms. The van der Waals surface area contributed by atoms with Gasteiger partial charge in [-0.3, -0.25) is 14.4 Å². The summed E-state index contributed by atoms with van der Waals surface area (Å²) < 4.78 is 11.3. The monoisotopic (exact) mass is 475 g/mol. The molecule has 0 radical (unpaired) electrons. The Morgan fingerprint density at radius 2 is 1.83 bits per heavy atom. The van der Waals surface area contributed by atoms with E-state index in [1.165, 1.54) is 18.9 Å². The van der Waals surface area contributed by atoms with Crippen LogP contribution in [0.3, 0.4) is 0 Å². The molecule has 8 nitrogen and oxygen atoms in total. The van der Waals surface area contributed by atoms with Crippen LogP contribution in [0.5, 0.6) is 11.5 Å². The average molecular weight is 476 g/mol. The highest BCUT2D eigenvalue weighted by molar-refractivity contribution is 9.10. The van der Waals surface area contributed by atoms with E-state index < -0.39 is 5.92 Å². The van der Waals surface area contributed by atoms with E-state index in [2.05, 4.69) is 26.6 Å². The second-order valence-electron chi connectivity index (χ2n) is 6.80. The fourth-order valence-corrected chi connectivity index (χ4v) is 3.64. The minimum absolute atomic E-state index is 0.0739. The number of nitrogens with one attached hydrogen (secondary N) is 2. The summed E-state index contributed by atoms with van der Waals surface area (Å²) in [4.78, 5) is 38.5. The van der Waals surface area contributed by atoms with Crippen LogP contribution in [-0.2, 0) is 14.4 Å². The fraction of sp³-hybridized carbons (Fsp3) is 0.286. The molecule has 1 unspecified atom stereocenters. The number of methoxy groups -OCH3 is 2. The van der Waals surface area contributed by atoms with Crippen LogP contribution >= 0.6 is 15.9 Å². The number of amides is 3. The topological polar surface area (TPSA) is 97.0 Å². The van der Waals surface area contributed by atoms with Crippen molar-refractivity contribution in [1.82, 2.24) is 0 Å². The fourth-order valence-electron chi connectivity index (χ4n) is 3.28. The van der Waals surface area contributed by atoms with E-state index in [1.807, 2.05) is 0 Å². The van der Waals surface area contributed by atoms with Gasteiger partial charge in [-0.05, 0) is 30.3 Å². The molecule has 1 atom stereocenters. The van der Waals surface area contributed by atoms with E-state index in [4.69, 9.17) is 9.47 Å². The van der Waals surface area contributed by atoms with Crippen LogP contribution in [0.4, 0.5) is 17.1 Å². The van der Waals surface area contributed by atoms with E-state index in [1.54, 1.807) is 43.5 Å². The summed E-state index contributed by atoms with van der Waals surface area (Å²) in [6, 6.07) is 10.3. The number of halogens is 1. The summed E-state index contributed by atoms with van der Waals surface area (Å²) in [5, 5.41) is 5.51. The molecular formula is C21H22BrN3O5. The lowest BCUT2D eigenvalue weighted by molar-refractivity contribution is -0.122. The van der Waals surface area contributed by atoms with Gasteiger partial charge in [0.25, 0.3) is 0 Å². The quantitative estimate of drug-likeness (QED) is 0.666. The van der Waals surface area contributed by atoms with Crippen molar-refractivity contribution in [1.29, 1.82) is 0 Å². The van der Waals surface area contributed by atoms with Crippen molar-refractivity contribution in [3.8, 4) is 11.5 Å². The zero-order valence-corrected chi connectivity index (χ0v) is 18.4. The first-order chi connectivity index (χ1) is 14.3. The average Bonchev–Trinajstić information content (AvgIpc) is 3.10. The van der Waals surface area contributed by atoms with Gasteiger partial charge in [-0.1, -0.05) is 15.9 Å². The standard InChI is InChI=1S/C21H22BrN3O5/c1-12(26)23-16-6-4-14(22)9-17(16)24-21(28)13-8-20(27)25(11-13)18-7-5-15(29-2)10-19(18)30-3/h4-7,9-10,13H,8,11H2,1-3H3,(H,23,26)(H,24,28). The lowest BCUT2D eigenvalue weighted by atomic mass is 10.1. The molecule has 3 amide bonds. The highest BCUT2D eigenvalue weighted by Gasteiger charge is 2.36. The molecule has 30 heavy (non-hydrogen) atoms. The molecule has 3 rings (SSSR count). The van der Waals surface area contributed by atoms with Crippen LogP contribution in [0.25, 0.3) is 0 Å². The Morgan fingerprint density at radius 3 is 2.50 bits per heavy atom. The highest BCUT2D eigenvalue weighted by Crippen LogP contribution is 2.36. The van der Waals surface area contributed by atoms with Gasteiger partial charge in [0.05, 0.1) is 37.2 Å². The lowest BCUT2D eigenvalue weighted by Crippen LogP contribution is -2.28. The third-order valence-corrected chi connectivity index (χ3v) is 5.22. The van der Waals surface area contributed by atoms with Crippen LogP contribution in [0.2, 0.25) is 0 Å². The second kappa shape index (κ2) is 9.17. The summed E-state index contributed by atoms with van der Waals surface area (Å²) in [7, 11) is 3.06. The number of hydrogen-bond acceptors (Lipinski definition) is 5. The third kappa shape index (κ3) is 4.73. The molecule has 0 aromatic heterocycles. The number of hydrogen-bond donors (Lipinski definition) is 2. The van der Waals surface area contributed by atoms with Gasteiger partial charge in [-0.2, -0.15) is 0 Å². The molecule has 2 aromatic rings. The lowest BCUT2D eigenvalue weighted by Gasteiger charge is -2.20. The summed E-state index contributed by atoms with van der Waals surface area (Å²) in [5.74, 6) is -0.173. The highest BCUT2D eigenvalue weighted by atomic mass is 79.9. The molecule has 1 aliphatic heterocycles. The van der Waals surface area contributed by atoms with Gasteiger partial charge < -0.3 is 25.0 Å². The zero-order chi connectivity index (χ0) is 21.8. The second-order valence-corrected chi connectivity index (χ2v) is 7.72. The number of anilines is 3. The first-order valence-electron chi connectivity index (χ1n) is 9.22. The van der Waals surface area contributed by atoms with Gasteiger partial charge in [-0.15, -0.1) is 0 Å². The summed E-state index contributed by atoms with van der Waals surface area (Å²) >= 11 is 3.36.